The van der Waals surface area contributed by atoms with E-state index in [9.17, 15) is 9.59 Å². The molecule has 0 aliphatic rings. The van der Waals surface area contributed by atoms with Gasteiger partial charge >= 0.3 is 0 Å². The predicted molar refractivity (Wildman–Crippen MR) is 95.5 cm³/mol. The minimum atomic E-state index is -0.452. The number of nitrogens with zero attached hydrogens (tertiary/aromatic N) is 2. The predicted octanol–water partition coefficient (Wildman–Crippen LogP) is 2.80. The molecule has 0 unspecified atom stereocenters. The molecule has 126 valence electrons. The Labute approximate surface area is 144 Å². The van der Waals surface area contributed by atoms with Gasteiger partial charge < -0.3 is 10.1 Å². The van der Waals surface area contributed by atoms with E-state index in [0.29, 0.717) is 11.4 Å². The number of nitrogens with one attached hydrogen (secondary N) is 1. The number of aryl methyl sites for hydroxylation is 1. The van der Waals surface area contributed by atoms with Crippen molar-refractivity contribution in [3.05, 3.63) is 82.3 Å². The van der Waals surface area contributed by atoms with Crippen molar-refractivity contribution in [1.82, 2.24) is 9.78 Å². The SMILES string of the molecule is COc1cc(=O)n(-c2ccccc2)nc1C(=O)Nc1cccc(C)c1. The van der Waals surface area contributed by atoms with E-state index >= 15 is 0 Å². The number of aromatic nitrogens is 2. The van der Waals surface area contributed by atoms with Crippen LogP contribution in [0.5, 0.6) is 5.75 Å². The lowest BCUT2D eigenvalue weighted by atomic mass is 10.2. The topological polar surface area (TPSA) is 73.2 Å². The molecule has 3 rings (SSSR count). The minimum absolute atomic E-state index is 0.0347. The standard InChI is InChI=1S/C19H17N3O3/c1-13-7-6-8-14(11-13)20-19(24)18-16(25-2)12-17(23)22(21-18)15-9-4-3-5-10-15/h3-12H,1-2H3,(H,20,24). The maximum absolute atomic E-state index is 12.6. The number of methoxy groups -OCH3 is 1. The molecule has 0 saturated carbocycles. The average molecular weight is 335 g/mol. The lowest BCUT2D eigenvalue weighted by Crippen LogP contribution is -2.26. The minimum Gasteiger partial charge on any atom is -0.494 e. The Morgan fingerprint density at radius 3 is 2.52 bits per heavy atom. The molecule has 0 radical (unpaired) electrons. The quantitative estimate of drug-likeness (QED) is 0.796. The Morgan fingerprint density at radius 2 is 1.84 bits per heavy atom. The van der Waals surface area contributed by atoms with Crippen molar-refractivity contribution in [2.45, 2.75) is 6.92 Å². The Morgan fingerprint density at radius 1 is 1.08 bits per heavy atom. The normalized spacial score (nSPS) is 10.3. The molecule has 0 bridgehead atoms. The number of carbonyl (C=O) groups is 1. The third-order valence-corrected chi connectivity index (χ3v) is 3.61. The molecule has 1 N–H and O–H groups in total. The third kappa shape index (κ3) is 3.58. The van der Waals surface area contributed by atoms with Crippen LogP contribution in [-0.4, -0.2) is 22.8 Å². The second-order valence-corrected chi connectivity index (χ2v) is 5.47. The van der Waals surface area contributed by atoms with Gasteiger partial charge in [0.05, 0.1) is 18.9 Å². The second kappa shape index (κ2) is 7.00. The molecule has 6 nitrogen and oxygen atoms in total. The Kier molecular flexibility index (Phi) is 4.61. The van der Waals surface area contributed by atoms with Crippen molar-refractivity contribution in [3.63, 3.8) is 0 Å². The van der Waals surface area contributed by atoms with Gasteiger partial charge in [-0.05, 0) is 36.8 Å². The van der Waals surface area contributed by atoms with Gasteiger partial charge in [0, 0.05) is 5.69 Å². The summed E-state index contributed by atoms with van der Waals surface area (Å²) >= 11 is 0. The zero-order valence-electron chi connectivity index (χ0n) is 13.9. The van der Waals surface area contributed by atoms with Gasteiger partial charge in [-0.1, -0.05) is 30.3 Å². The molecular weight excluding hydrogens is 318 g/mol. The fourth-order valence-electron chi connectivity index (χ4n) is 2.42. The van der Waals surface area contributed by atoms with Gasteiger partial charge in [0.25, 0.3) is 11.5 Å². The summed E-state index contributed by atoms with van der Waals surface area (Å²) in [5.41, 5.74) is 1.89. The largest absolute Gasteiger partial charge is 0.494 e. The number of carbonyl (C=O) groups excluding carboxylic acids is 1. The number of amides is 1. The maximum Gasteiger partial charge on any atom is 0.280 e. The number of rotatable bonds is 4. The summed E-state index contributed by atoms with van der Waals surface area (Å²) in [4.78, 5) is 24.9. The highest BCUT2D eigenvalue weighted by molar-refractivity contribution is 6.04. The lowest BCUT2D eigenvalue weighted by molar-refractivity contribution is 0.101. The van der Waals surface area contributed by atoms with Crippen molar-refractivity contribution in [3.8, 4) is 11.4 Å². The molecule has 0 saturated heterocycles. The van der Waals surface area contributed by atoms with E-state index in [1.54, 1.807) is 30.3 Å². The van der Waals surface area contributed by atoms with Crippen LogP contribution in [0, 0.1) is 6.92 Å². The van der Waals surface area contributed by atoms with Crippen molar-refractivity contribution in [1.29, 1.82) is 0 Å². The zero-order chi connectivity index (χ0) is 17.8. The van der Waals surface area contributed by atoms with Crippen LogP contribution in [0.4, 0.5) is 5.69 Å². The fraction of sp³-hybridized carbons (Fsp3) is 0.105. The highest BCUT2D eigenvalue weighted by Gasteiger charge is 2.18. The van der Waals surface area contributed by atoms with Crippen LogP contribution in [0.25, 0.3) is 5.69 Å². The van der Waals surface area contributed by atoms with E-state index in [1.807, 2.05) is 31.2 Å². The molecule has 6 heteroatoms. The summed E-state index contributed by atoms with van der Waals surface area (Å²) < 4.78 is 6.34. The number of hydrogen-bond donors (Lipinski definition) is 1. The summed E-state index contributed by atoms with van der Waals surface area (Å²) in [7, 11) is 1.40. The molecule has 0 spiro atoms. The lowest BCUT2D eigenvalue weighted by Gasteiger charge is -2.11. The maximum atomic E-state index is 12.6. The molecular formula is C19H17N3O3. The molecule has 3 aromatic rings. The number of ether oxygens (including phenoxy) is 1. The van der Waals surface area contributed by atoms with Crippen LogP contribution in [0.2, 0.25) is 0 Å². The first-order chi connectivity index (χ1) is 12.1. The summed E-state index contributed by atoms with van der Waals surface area (Å²) in [6, 6.07) is 17.6. The molecule has 25 heavy (non-hydrogen) atoms. The summed E-state index contributed by atoms with van der Waals surface area (Å²) in [6.45, 7) is 1.93. The molecule has 2 aromatic carbocycles. The van der Waals surface area contributed by atoms with Crippen LogP contribution < -0.4 is 15.6 Å². The zero-order valence-corrected chi connectivity index (χ0v) is 13.9. The van der Waals surface area contributed by atoms with Gasteiger partial charge in [0.15, 0.2) is 11.4 Å². The van der Waals surface area contributed by atoms with E-state index in [1.165, 1.54) is 17.9 Å². The summed E-state index contributed by atoms with van der Waals surface area (Å²) in [5.74, 6) is -0.325. The van der Waals surface area contributed by atoms with Crippen LogP contribution in [0.15, 0.2) is 65.5 Å². The number of anilines is 1. The molecule has 0 aliphatic heterocycles. The highest BCUT2D eigenvalue weighted by Crippen LogP contribution is 2.17. The number of benzene rings is 2. The monoisotopic (exact) mass is 335 g/mol. The fourth-order valence-corrected chi connectivity index (χ4v) is 2.42. The molecule has 0 fully saturated rings. The second-order valence-electron chi connectivity index (χ2n) is 5.47. The number of para-hydroxylation sites is 1. The first-order valence-corrected chi connectivity index (χ1v) is 7.70. The van der Waals surface area contributed by atoms with E-state index in [4.69, 9.17) is 4.74 Å². The van der Waals surface area contributed by atoms with Gasteiger partial charge in [-0.3, -0.25) is 9.59 Å². The molecule has 1 heterocycles. The van der Waals surface area contributed by atoms with Crippen molar-refractivity contribution in [2.24, 2.45) is 0 Å². The van der Waals surface area contributed by atoms with Gasteiger partial charge in [-0.25, -0.2) is 0 Å². The first kappa shape index (κ1) is 16.4. The van der Waals surface area contributed by atoms with Crippen molar-refractivity contribution >= 4 is 11.6 Å². The molecule has 1 amide bonds. The van der Waals surface area contributed by atoms with Crippen LogP contribution in [-0.2, 0) is 0 Å². The molecule has 0 aliphatic carbocycles. The van der Waals surface area contributed by atoms with Gasteiger partial charge in [0.2, 0.25) is 0 Å². The first-order valence-electron chi connectivity index (χ1n) is 7.70. The van der Waals surface area contributed by atoms with Crippen molar-refractivity contribution < 1.29 is 9.53 Å². The molecule has 0 atom stereocenters. The van der Waals surface area contributed by atoms with E-state index in [2.05, 4.69) is 10.4 Å². The van der Waals surface area contributed by atoms with Gasteiger partial charge in [-0.2, -0.15) is 9.78 Å². The summed E-state index contributed by atoms with van der Waals surface area (Å²) in [6.07, 6.45) is 0. The van der Waals surface area contributed by atoms with Gasteiger partial charge in [0.1, 0.15) is 0 Å². The highest BCUT2D eigenvalue weighted by atomic mass is 16.5. The summed E-state index contributed by atoms with van der Waals surface area (Å²) in [5, 5.41) is 6.97. The van der Waals surface area contributed by atoms with Crippen molar-refractivity contribution in [2.75, 3.05) is 12.4 Å². The number of hydrogen-bond acceptors (Lipinski definition) is 4. The van der Waals surface area contributed by atoms with Crippen LogP contribution in [0.1, 0.15) is 16.1 Å². The van der Waals surface area contributed by atoms with E-state index in [-0.39, 0.29) is 17.0 Å². The van der Waals surface area contributed by atoms with Crippen LogP contribution >= 0.6 is 0 Å². The van der Waals surface area contributed by atoms with Crippen LogP contribution in [0.3, 0.4) is 0 Å². The van der Waals surface area contributed by atoms with E-state index in [0.717, 1.165) is 5.56 Å². The Hall–Kier alpha value is -3.41. The molecule has 1 aromatic heterocycles. The smallest absolute Gasteiger partial charge is 0.280 e. The third-order valence-electron chi connectivity index (χ3n) is 3.61. The average Bonchev–Trinajstić information content (AvgIpc) is 2.62. The Bertz CT molecular complexity index is 965. The van der Waals surface area contributed by atoms with Gasteiger partial charge in [-0.15, -0.1) is 0 Å². The van der Waals surface area contributed by atoms with E-state index < -0.39 is 5.91 Å². The Balaban J connectivity index is 2.02.